The number of ether oxygens (including phenoxy) is 3. The number of rotatable bonds is 8. The van der Waals surface area contributed by atoms with Gasteiger partial charge in [-0.25, -0.2) is 14.0 Å². The van der Waals surface area contributed by atoms with E-state index in [0.29, 0.717) is 54.3 Å². The number of imidazole rings is 1. The minimum atomic E-state index is -0.604. The smallest absolute Gasteiger partial charge is 0.410 e. The molecule has 1 aliphatic heterocycles. The Kier molecular flexibility index (Phi) is 8.84. The van der Waals surface area contributed by atoms with Crippen LogP contribution >= 0.6 is 0 Å². The van der Waals surface area contributed by atoms with Crippen molar-refractivity contribution < 1.29 is 23.4 Å². The van der Waals surface area contributed by atoms with Gasteiger partial charge in [0.2, 0.25) is 11.8 Å². The maximum absolute atomic E-state index is 15.9. The molecular weight excluding hydrogens is 599 g/mol. The number of carbonyl (C=O) groups is 1. The van der Waals surface area contributed by atoms with Crippen molar-refractivity contribution in [3.8, 4) is 17.4 Å². The number of benzene rings is 3. The number of nitrogens with zero attached hydrogens (tertiary/aromatic N) is 4. The molecule has 0 atom stereocenters. The summed E-state index contributed by atoms with van der Waals surface area (Å²) in [5, 5.41) is 0. The summed E-state index contributed by atoms with van der Waals surface area (Å²) in [4.78, 5) is 32.5. The van der Waals surface area contributed by atoms with Gasteiger partial charge < -0.3 is 19.1 Å². The summed E-state index contributed by atoms with van der Waals surface area (Å²) < 4.78 is 36.4. The molecule has 242 valence electrons. The van der Waals surface area contributed by atoms with Crippen molar-refractivity contribution in [3.05, 3.63) is 124 Å². The SMILES string of the molecule is Cn1c(=O)n(-c2ccc(OCc3ccccc3)nc2OCc2ccccc2)c2cc(F)c(C3=CCN(C(=O)OC(C)(C)C)CC3)cc21. The lowest BCUT2D eigenvalue weighted by Crippen LogP contribution is -2.39. The van der Waals surface area contributed by atoms with Crippen LogP contribution in [0.1, 0.15) is 43.9 Å². The van der Waals surface area contributed by atoms with Crippen LogP contribution in [0.15, 0.2) is 95.8 Å². The summed E-state index contributed by atoms with van der Waals surface area (Å²) >= 11 is 0. The molecule has 0 saturated heterocycles. The van der Waals surface area contributed by atoms with E-state index in [1.807, 2.05) is 87.5 Å². The van der Waals surface area contributed by atoms with E-state index in [9.17, 15) is 9.59 Å². The first-order valence-electron chi connectivity index (χ1n) is 15.5. The molecule has 10 heteroatoms. The van der Waals surface area contributed by atoms with Crippen molar-refractivity contribution in [2.24, 2.45) is 7.05 Å². The van der Waals surface area contributed by atoms with E-state index in [1.54, 1.807) is 30.1 Å². The zero-order valence-corrected chi connectivity index (χ0v) is 26.9. The molecule has 0 bridgehead atoms. The fourth-order valence-corrected chi connectivity index (χ4v) is 5.47. The number of halogens is 1. The van der Waals surface area contributed by atoms with Crippen molar-refractivity contribution in [1.82, 2.24) is 19.0 Å². The fourth-order valence-electron chi connectivity index (χ4n) is 5.47. The minimum Gasteiger partial charge on any atom is -0.473 e. The number of amides is 1. The summed E-state index contributed by atoms with van der Waals surface area (Å²) in [7, 11) is 1.65. The number of fused-ring (bicyclic) bond motifs is 1. The zero-order valence-electron chi connectivity index (χ0n) is 26.9. The topological polar surface area (TPSA) is 87.8 Å². The van der Waals surface area contributed by atoms with Crippen molar-refractivity contribution in [2.75, 3.05) is 13.1 Å². The molecule has 0 saturated carbocycles. The van der Waals surface area contributed by atoms with Crippen LogP contribution in [-0.2, 0) is 25.0 Å². The van der Waals surface area contributed by atoms with E-state index in [4.69, 9.17) is 14.2 Å². The Bertz CT molecular complexity index is 2000. The Morgan fingerprint density at radius 3 is 2.17 bits per heavy atom. The van der Waals surface area contributed by atoms with Crippen LogP contribution < -0.4 is 15.2 Å². The second kappa shape index (κ2) is 13.2. The summed E-state index contributed by atoms with van der Waals surface area (Å²) in [6.45, 7) is 6.66. The van der Waals surface area contributed by atoms with Gasteiger partial charge in [0.05, 0.1) is 11.0 Å². The molecule has 3 heterocycles. The van der Waals surface area contributed by atoms with Crippen molar-refractivity contribution in [2.45, 2.75) is 46.0 Å². The van der Waals surface area contributed by atoms with Gasteiger partial charge in [0.15, 0.2) is 0 Å². The van der Waals surface area contributed by atoms with Gasteiger partial charge in [0.25, 0.3) is 0 Å². The summed E-state index contributed by atoms with van der Waals surface area (Å²) in [6.07, 6.45) is 1.88. The molecule has 1 amide bonds. The number of aryl methyl sites for hydroxylation is 1. The Hall–Kier alpha value is -5.38. The molecule has 0 radical (unpaired) electrons. The highest BCUT2D eigenvalue weighted by atomic mass is 19.1. The van der Waals surface area contributed by atoms with Crippen LogP contribution in [0.2, 0.25) is 0 Å². The molecule has 47 heavy (non-hydrogen) atoms. The van der Waals surface area contributed by atoms with Crippen molar-refractivity contribution >= 4 is 22.7 Å². The third-order valence-electron chi connectivity index (χ3n) is 7.85. The third-order valence-corrected chi connectivity index (χ3v) is 7.85. The normalized spacial score (nSPS) is 13.4. The largest absolute Gasteiger partial charge is 0.473 e. The number of pyridine rings is 1. The highest BCUT2D eigenvalue weighted by Crippen LogP contribution is 2.32. The van der Waals surface area contributed by atoms with Crippen LogP contribution in [0.5, 0.6) is 11.8 Å². The Morgan fingerprint density at radius 1 is 0.894 bits per heavy atom. The van der Waals surface area contributed by atoms with Crippen molar-refractivity contribution in [1.29, 1.82) is 0 Å². The van der Waals surface area contributed by atoms with Crippen molar-refractivity contribution in [3.63, 3.8) is 0 Å². The first kappa shape index (κ1) is 31.6. The van der Waals surface area contributed by atoms with Gasteiger partial charge in [-0.15, -0.1) is 0 Å². The highest BCUT2D eigenvalue weighted by molar-refractivity contribution is 5.84. The predicted octanol–water partition coefficient (Wildman–Crippen LogP) is 7.05. The number of hydrogen-bond acceptors (Lipinski definition) is 6. The Morgan fingerprint density at radius 2 is 1.55 bits per heavy atom. The van der Waals surface area contributed by atoms with Gasteiger partial charge in [-0.05, 0) is 56.0 Å². The Labute approximate surface area is 272 Å². The van der Waals surface area contributed by atoms with Gasteiger partial charge in [-0.1, -0.05) is 66.7 Å². The molecule has 3 aromatic carbocycles. The summed E-state index contributed by atoms with van der Waals surface area (Å²) in [5.74, 6) is 0.0270. The molecule has 1 aliphatic rings. The second-order valence-corrected chi connectivity index (χ2v) is 12.4. The molecular formula is C37H37FN4O5. The van der Waals surface area contributed by atoms with Crippen LogP contribution in [0.4, 0.5) is 9.18 Å². The van der Waals surface area contributed by atoms with E-state index < -0.39 is 17.5 Å². The van der Waals surface area contributed by atoms with Crippen LogP contribution in [-0.4, -0.2) is 43.8 Å². The van der Waals surface area contributed by atoms with Gasteiger partial charge in [-0.3, -0.25) is 9.13 Å². The van der Waals surface area contributed by atoms with E-state index in [1.165, 1.54) is 15.2 Å². The number of carbonyl (C=O) groups excluding carboxylic acids is 1. The molecule has 2 aromatic heterocycles. The maximum Gasteiger partial charge on any atom is 0.410 e. The molecule has 0 unspecified atom stereocenters. The highest BCUT2D eigenvalue weighted by Gasteiger charge is 2.26. The summed E-state index contributed by atoms with van der Waals surface area (Å²) in [5.41, 5.74) is 3.34. The van der Waals surface area contributed by atoms with E-state index in [-0.39, 0.29) is 18.2 Å². The first-order chi connectivity index (χ1) is 22.6. The van der Waals surface area contributed by atoms with E-state index >= 15 is 4.39 Å². The van der Waals surface area contributed by atoms with Crippen LogP contribution in [0, 0.1) is 5.82 Å². The predicted molar refractivity (Wildman–Crippen MR) is 178 cm³/mol. The third kappa shape index (κ3) is 7.06. The number of hydrogen-bond donors (Lipinski definition) is 0. The standard InChI is InChI=1S/C37H37FN4O5/c1-37(2,3)47-36(44)41-19-17-27(18-20-41)28-21-31-32(22-29(28)38)42(35(43)40(31)4)30-15-16-33(45-23-25-11-7-5-8-12-25)39-34(30)46-24-26-13-9-6-10-14-26/h5-17,21-22H,18-20,23-24H2,1-4H3. The second-order valence-electron chi connectivity index (χ2n) is 12.4. The lowest BCUT2D eigenvalue weighted by Gasteiger charge is -2.29. The Balaban J connectivity index is 1.34. The molecule has 0 aliphatic carbocycles. The van der Waals surface area contributed by atoms with E-state index in [2.05, 4.69) is 4.98 Å². The monoisotopic (exact) mass is 636 g/mol. The maximum atomic E-state index is 15.9. The minimum absolute atomic E-state index is 0.177. The zero-order chi connectivity index (χ0) is 33.1. The lowest BCUT2D eigenvalue weighted by molar-refractivity contribution is 0.0270. The van der Waals surface area contributed by atoms with E-state index in [0.717, 1.165) is 16.7 Å². The molecule has 0 fully saturated rings. The average molecular weight is 637 g/mol. The lowest BCUT2D eigenvalue weighted by atomic mass is 9.98. The molecule has 0 N–H and O–H groups in total. The van der Waals surface area contributed by atoms with Gasteiger partial charge in [0, 0.05) is 37.8 Å². The molecule has 5 aromatic rings. The van der Waals surface area contributed by atoms with Gasteiger partial charge >= 0.3 is 11.8 Å². The van der Waals surface area contributed by atoms with Gasteiger partial charge in [-0.2, -0.15) is 4.98 Å². The first-order valence-corrected chi connectivity index (χ1v) is 15.5. The molecule has 6 rings (SSSR count). The van der Waals surface area contributed by atoms with Crippen LogP contribution in [0.25, 0.3) is 22.3 Å². The average Bonchev–Trinajstić information content (AvgIpc) is 3.30. The summed E-state index contributed by atoms with van der Waals surface area (Å²) in [6, 6.07) is 25.8. The van der Waals surface area contributed by atoms with Crippen LogP contribution in [0.3, 0.4) is 0 Å². The fraction of sp³-hybridized carbons (Fsp3) is 0.270. The number of aromatic nitrogens is 3. The molecule has 9 nitrogen and oxygen atoms in total. The quantitative estimate of drug-likeness (QED) is 0.182. The van der Waals surface area contributed by atoms with Gasteiger partial charge in [0.1, 0.15) is 30.3 Å². The molecule has 0 spiro atoms.